The van der Waals surface area contributed by atoms with Gasteiger partial charge in [-0.2, -0.15) is 30.6 Å². The maximum Gasteiger partial charge on any atom is 0.161 e. The molecule has 28 heteroatoms. The van der Waals surface area contributed by atoms with E-state index < -0.39 is 22.4 Å². The molecular formula is C103H119ClN16O11. The van der Waals surface area contributed by atoms with E-state index in [0.29, 0.717) is 47.8 Å². The zero-order valence-corrected chi connectivity index (χ0v) is 79.3. The fourth-order valence-electron chi connectivity index (χ4n) is 14.5. The number of halogens is 1. The number of para-hydroxylation sites is 3. The van der Waals surface area contributed by atoms with E-state index in [0.717, 1.165) is 149 Å². The molecule has 0 radical (unpaired) electrons. The minimum Gasteiger partial charge on any atom is -0.497 e. The number of imidazole rings is 1. The average Bonchev–Trinajstić information content (AvgIpc) is 1.62. The number of nitrogens with zero attached hydrogens (tertiary/aromatic N) is 16. The van der Waals surface area contributed by atoms with Crippen LogP contribution in [0.1, 0.15) is 157 Å². The van der Waals surface area contributed by atoms with Crippen molar-refractivity contribution in [2.45, 2.75) is 192 Å². The topological polar surface area (TPSA) is 274 Å². The normalized spacial score (nSPS) is 12.4. The molecule has 0 unspecified atom stereocenters. The van der Waals surface area contributed by atoms with Crippen LogP contribution in [-0.4, -0.2) is 153 Å². The Morgan fingerprint density at radius 3 is 1.52 bits per heavy atom. The molecule has 16 rings (SSSR count). The molecule has 0 bridgehead atoms. The number of aryl methyl sites for hydroxylation is 3. The molecule has 1 fully saturated rings. The van der Waals surface area contributed by atoms with Crippen LogP contribution in [0.4, 0.5) is 5.69 Å². The summed E-state index contributed by atoms with van der Waals surface area (Å²) in [7, 11) is 7.12. The Bertz CT molecular complexity index is 6490. The summed E-state index contributed by atoms with van der Waals surface area (Å²) in [5.74, 6) is 2.53. The van der Waals surface area contributed by atoms with Gasteiger partial charge in [-0.1, -0.05) is 111 Å². The molecular weight excluding hydrogens is 1670 g/mol. The van der Waals surface area contributed by atoms with Gasteiger partial charge < -0.3 is 42.6 Å². The van der Waals surface area contributed by atoms with E-state index >= 15 is 0 Å². The molecule has 8 aromatic heterocycles. The van der Waals surface area contributed by atoms with E-state index in [1.807, 2.05) is 188 Å². The molecule has 0 atom stereocenters. The molecule has 684 valence electrons. The number of carbonyl (C=O) groups excluding carboxylic acids is 4. The number of hydrogen-bond donors (Lipinski definition) is 0. The highest BCUT2D eigenvalue weighted by Crippen LogP contribution is 2.38. The highest BCUT2D eigenvalue weighted by Gasteiger charge is 2.31. The van der Waals surface area contributed by atoms with Gasteiger partial charge in [-0.25, -0.2) is 14.3 Å². The number of anilines is 1. The van der Waals surface area contributed by atoms with Gasteiger partial charge in [0.2, 0.25) is 0 Å². The van der Waals surface area contributed by atoms with Gasteiger partial charge in [0.1, 0.15) is 39.7 Å². The molecule has 0 saturated carbocycles. The minimum absolute atomic E-state index is 0.00354. The summed E-state index contributed by atoms with van der Waals surface area (Å²) >= 11 is 6.40. The number of pyridine rings is 1. The summed E-state index contributed by atoms with van der Waals surface area (Å²) in [5, 5.41) is 31.2. The summed E-state index contributed by atoms with van der Waals surface area (Å²) in [5.41, 5.74) is 16.3. The van der Waals surface area contributed by atoms with Crippen LogP contribution >= 0.6 is 11.6 Å². The van der Waals surface area contributed by atoms with Gasteiger partial charge in [-0.05, 0) is 217 Å². The summed E-state index contributed by atoms with van der Waals surface area (Å²) < 4.78 is 54.2. The van der Waals surface area contributed by atoms with E-state index in [1.165, 1.54) is 39.3 Å². The lowest BCUT2D eigenvalue weighted by molar-refractivity contribution is -0.140. The number of ether oxygens (including phenoxy) is 7. The van der Waals surface area contributed by atoms with Crippen molar-refractivity contribution in [3.63, 3.8) is 0 Å². The zero-order valence-electron chi connectivity index (χ0n) is 78.5. The monoisotopic (exact) mass is 1790 g/mol. The Kier molecular flexibility index (Phi) is 30.5. The van der Waals surface area contributed by atoms with Crippen LogP contribution in [0.5, 0.6) is 17.2 Å². The molecule has 0 aliphatic carbocycles. The number of hydrogen-bond acceptors (Lipinski definition) is 20. The lowest BCUT2D eigenvalue weighted by Crippen LogP contribution is -2.32. The van der Waals surface area contributed by atoms with Gasteiger partial charge in [0.15, 0.2) is 23.1 Å². The first-order chi connectivity index (χ1) is 62.6. The number of aromatic nitrogens is 15. The summed E-state index contributed by atoms with van der Waals surface area (Å²) in [4.78, 5) is 58.8. The first-order valence-corrected chi connectivity index (χ1v) is 44.6. The molecule has 1 aliphatic heterocycles. The fourth-order valence-corrected chi connectivity index (χ4v) is 14.7. The Morgan fingerprint density at radius 2 is 0.947 bits per heavy atom. The number of benzene rings is 7. The van der Waals surface area contributed by atoms with Crippen LogP contribution < -0.4 is 19.1 Å². The average molecular weight is 1790 g/mol. The van der Waals surface area contributed by atoms with Crippen LogP contribution in [0.3, 0.4) is 0 Å². The highest BCUT2D eigenvalue weighted by atomic mass is 35.5. The fraction of sp³-hybridized carbons (Fsp3) is 0.359. The van der Waals surface area contributed by atoms with Crippen molar-refractivity contribution in [3.05, 3.63) is 252 Å². The van der Waals surface area contributed by atoms with Crippen LogP contribution in [0.15, 0.2) is 213 Å². The van der Waals surface area contributed by atoms with Crippen molar-refractivity contribution in [2.24, 2.45) is 20.0 Å². The number of rotatable bonds is 34. The number of carbonyl (C=O) groups is 4. The molecule has 0 spiro atoms. The molecule has 27 nitrogen and oxygen atoms in total. The largest absolute Gasteiger partial charge is 0.497 e. The second kappa shape index (κ2) is 41.8. The van der Waals surface area contributed by atoms with Crippen LogP contribution in [0, 0.1) is 5.92 Å². The first-order valence-electron chi connectivity index (χ1n) is 44.2. The van der Waals surface area contributed by atoms with E-state index in [-0.39, 0.29) is 49.6 Å². The van der Waals surface area contributed by atoms with Crippen molar-refractivity contribution < 1.29 is 52.3 Å². The summed E-state index contributed by atoms with van der Waals surface area (Å²) in [6.45, 7) is 32.4. The van der Waals surface area contributed by atoms with Gasteiger partial charge in [0, 0.05) is 84.0 Å². The van der Waals surface area contributed by atoms with Crippen molar-refractivity contribution in [1.29, 1.82) is 0 Å². The van der Waals surface area contributed by atoms with Crippen LogP contribution in [0.25, 0.3) is 89.2 Å². The number of methoxy groups -OCH3 is 2. The predicted octanol–water partition coefficient (Wildman–Crippen LogP) is 20.0. The lowest BCUT2D eigenvalue weighted by atomic mass is 10.1. The van der Waals surface area contributed by atoms with Gasteiger partial charge in [0.25, 0.3) is 0 Å². The van der Waals surface area contributed by atoms with Crippen LogP contribution in [-0.2, 0) is 98.3 Å². The molecule has 15 aromatic rings. The third-order valence-corrected chi connectivity index (χ3v) is 23.9. The molecule has 0 amide bonds. The Morgan fingerprint density at radius 1 is 0.450 bits per heavy atom. The summed E-state index contributed by atoms with van der Waals surface area (Å²) in [6.07, 6.45) is 10.8. The van der Waals surface area contributed by atoms with Gasteiger partial charge in [0.05, 0.1) is 169 Å². The van der Waals surface area contributed by atoms with E-state index in [2.05, 4.69) is 105 Å². The van der Waals surface area contributed by atoms with E-state index in [9.17, 15) is 19.2 Å². The maximum atomic E-state index is 12.0. The number of fused-ring (bicyclic) bond motifs is 3. The quantitative estimate of drug-likeness (QED) is 0.0362. The predicted molar refractivity (Wildman–Crippen MR) is 512 cm³/mol. The van der Waals surface area contributed by atoms with E-state index in [1.54, 1.807) is 89.1 Å². The minimum atomic E-state index is -0.898. The van der Waals surface area contributed by atoms with Crippen molar-refractivity contribution in [1.82, 2.24) is 73.2 Å². The number of ketones is 4. The molecule has 1 aliphatic rings. The Labute approximate surface area is 770 Å². The van der Waals surface area contributed by atoms with Crippen LogP contribution in [0.2, 0.25) is 5.02 Å². The van der Waals surface area contributed by atoms with E-state index in [4.69, 9.17) is 65.2 Å². The first kappa shape index (κ1) is 95.5. The zero-order chi connectivity index (χ0) is 93.6. The molecule has 7 aromatic carbocycles. The second-order valence-electron chi connectivity index (χ2n) is 35.3. The van der Waals surface area contributed by atoms with Crippen molar-refractivity contribution in [3.8, 4) is 73.7 Å². The van der Waals surface area contributed by atoms with Gasteiger partial charge in [-0.3, -0.25) is 42.9 Å². The third-order valence-electron chi connectivity index (χ3n) is 23.5. The number of Topliss-reactive ketones (excluding diaryl/α,β-unsaturated/α-hetero) is 4. The van der Waals surface area contributed by atoms with Crippen molar-refractivity contribution in [2.75, 3.05) is 38.8 Å². The maximum absolute atomic E-state index is 12.0. The van der Waals surface area contributed by atoms with Gasteiger partial charge in [-0.15, -0.1) is 0 Å². The summed E-state index contributed by atoms with van der Waals surface area (Å²) in [6, 6.07) is 62.4. The third kappa shape index (κ3) is 23.4. The Hall–Kier alpha value is -13.1. The van der Waals surface area contributed by atoms with Crippen molar-refractivity contribution >= 4 is 73.3 Å². The smallest absolute Gasteiger partial charge is 0.161 e. The standard InChI is InChI=1S/C29H35N5O2.C25H28N4O4.C25H31N3O3.C24H25ClN4O2/c1-5-14-33-27-17-22(12-13-23(27)19-30-33)28-18-24(20-36-29(3,4)21(2)35)31-34(28)26-11-7-6-10-25(26)32-15-8-9-16-32;1-16(30)25(2,3)33-15-19-12-23(18-10-20(31-5)13-21(11-18)32-6)29(27-19)22-9-7-8-17-14-26-28(4)24(17)22;1-18(2)16-30-23-11-8-9-20(13-23)24-14-22(17-31-25(4,5)19(3)29)27-28(24)15-21-10-6-7-12-26-21;1-16(30)24(2,3)31-14-19-12-22(17-9-10-21-23(11-17)28(4)15-26-21)29(27-19)13-18-7-5-6-8-20(18)25/h6-7,10-13,17-19H,5,8-9,14-16,20H2,1-4H3;7-14H,15H2,1-6H3;6-14,18H,15-17H2,1-5H3;5-12,15H,13-14H2,1-4H3. The Balaban J connectivity index is 0.000000149. The molecule has 0 N–H and O–H groups in total. The molecule has 9 heterocycles. The SMILES string of the molecule is CC(=O)C(C)(C)OCc1cc(-c2ccc3ncn(C)c3c2)n(Cc2ccccc2Cl)n1.CC(=O)C(C)(C)OCc1cc(-c2cccc(OCC(C)C)c2)n(Cc2ccccn2)n1.CCCn1ncc2ccc(-c3cc(COC(C)(C)C(C)=O)nn3-c3ccccc3N3CCCC3)cc21.COc1cc(OC)cc(-c2cc(COC(C)(C)C(C)=O)nn2-c2cccc3cnn(C)c23)c1. The highest BCUT2D eigenvalue weighted by molar-refractivity contribution is 6.31. The van der Waals surface area contributed by atoms with Gasteiger partial charge >= 0.3 is 0 Å². The lowest BCUT2D eigenvalue weighted by Gasteiger charge is -2.22. The second-order valence-corrected chi connectivity index (χ2v) is 35.7. The molecule has 1 saturated heterocycles. The molecule has 131 heavy (non-hydrogen) atoms.